The predicted molar refractivity (Wildman–Crippen MR) is 33.6 cm³/mol. The van der Waals surface area contributed by atoms with Crippen molar-refractivity contribution < 1.29 is 53.6 Å². The van der Waals surface area contributed by atoms with Crippen molar-refractivity contribution in [2.45, 2.75) is 12.8 Å². The minimum atomic E-state index is -1.08. The Labute approximate surface area is 101 Å². The largest absolute Gasteiger partial charge is 2.00 e. The molecule has 0 amide bonds. The molecule has 0 saturated heterocycles. The van der Waals surface area contributed by atoms with E-state index >= 15 is 0 Å². The molecule has 6 heteroatoms. The van der Waals surface area contributed by atoms with Crippen molar-refractivity contribution in [1.29, 1.82) is 0 Å². The summed E-state index contributed by atoms with van der Waals surface area (Å²) in [6, 6.07) is 0. The number of carbonyl (C=O) groups is 2. The number of hydrogen-bond donors (Lipinski definition) is 2. The first-order valence-electron chi connectivity index (χ1n) is 2.06. The Bertz CT molecular complexity index is 112. The van der Waals surface area contributed by atoms with Gasteiger partial charge in [-0.3, -0.25) is 9.59 Å². The van der Waals surface area contributed by atoms with Gasteiger partial charge in [-0.15, -0.1) is 0 Å². The Morgan fingerprint density at radius 1 is 1.10 bits per heavy atom. The van der Waals surface area contributed by atoms with Crippen LogP contribution in [0.5, 0.6) is 0 Å². The zero-order valence-electron chi connectivity index (χ0n) is 8.83. The van der Waals surface area contributed by atoms with Gasteiger partial charge in [0.1, 0.15) is 0 Å². The molecule has 0 bridgehead atoms. The first kappa shape index (κ1) is 17.0. The summed E-state index contributed by atoms with van der Waals surface area (Å²) in [6.45, 7) is 0. The molecule has 2 N–H and O–H groups in total. The molecule has 0 fully saturated rings. The van der Waals surface area contributed by atoms with Crippen molar-refractivity contribution in [1.82, 2.24) is 0 Å². The molecule has 10 heavy (non-hydrogen) atoms. The van der Waals surface area contributed by atoms with Crippen molar-refractivity contribution in [3.05, 3.63) is 0 Å². The van der Waals surface area contributed by atoms with E-state index in [1.54, 1.807) is 0 Å². The monoisotopic (exact) mass is 168 g/mol. The van der Waals surface area contributed by atoms with Crippen molar-refractivity contribution in [2.24, 2.45) is 0 Å². The number of rotatable bonds is 3. The molecule has 0 atom stereocenters. The SMILES string of the molecule is O=C(O)CCC(=O)O.[H-].[H-].[H-].[Mg+2].[Na+]. The fourth-order valence-corrected chi connectivity index (χ4v) is 0.214. The van der Waals surface area contributed by atoms with Crippen LogP contribution < -0.4 is 29.6 Å². The van der Waals surface area contributed by atoms with Crippen LogP contribution in [0.1, 0.15) is 17.1 Å². The predicted octanol–water partition coefficient (Wildman–Crippen LogP) is -3.10. The van der Waals surface area contributed by atoms with Crippen LogP contribution >= 0.6 is 0 Å². The fraction of sp³-hybridized carbons (Fsp3) is 0.500. The second-order valence-electron chi connectivity index (χ2n) is 1.29. The van der Waals surface area contributed by atoms with E-state index in [0.29, 0.717) is 0 Å². The average molecular weight is 168 g/mol. The maximum atomic E-state index is 9.64. The topological polar surface area (TPSA) is 74.6 Å². The van der Waals surface area contributed by atoms with Gasteiger partial charge in [-0.1, -0.05) is 0 Å². The molecule has 0 aromatic rings. The van der Waals surface area contributed by atoms with Crippen LogP contribution in [-0.4, -0.2) is 45.2 Å². The quantitative estimate of drug-likeness (QED) is 0.438. The van der Waals surface area contributed by atoms with Gasteiger partial charge < -0.3 is 14.5 Å². The molecular formula is C4H9MgNaO4. The first-order valence-corrected chi connectivity index (χ1v) is 2.06. The summed E-state index contributed by atoms with van der Waals surface area (Å²) in [4.78, 5) is 19.3. The van der Waals surface area contributed by atoms with Crippen LogP contribution in [0.4, 0.5) is 0 Å². The molecule has 0 aliphatic rings. The average Bonchev–Trinajstić information content (AvgIpc) is 1.61. The summed E-state index contributed by atoms with van der Waals surface area (Å²) < 4.78 is 0. The van der Waals surface area contributed by atoms with Crippen LogP contribution in [0.3, 0.4) is 0 Å². The number of carboxylic acid groups (broad SMARTS) is 2. The van der Waals surface area contributed by atoms with Gasteiger partial charge >= 0.3 is 64.5 Å². The Morgan fingerprint density at radius 3 is 1.40 bits per heavy atom. The summed E-state index contributed by atoms with van der Waals surface area (Å²) in [5, 5.41) is 15.8. The van der Waals surface area contributed by atoms with Crippen LogP contribution in [0.25, 0.3) is 0 Å². The van der Waals surface area contributed by atoms with Gasteiger partial charge in [0.2, 0.25) is 0 Å². The zero-order chi connectivity index (χ0) is 6.57. The summed E-state index contributed by atoms with van der Waals surface area (Å²) in [7, 11) is 0. The van der Waals surface area contributed by atoms with Crippen LogP contribution in [-0.2, 0) is 9.59 Å². The number of aliphatic carboxylic acids is 2. The van der Waals surface area contributed by atoms with Crippen LogP contribution in [0, 0.1) is 0 Å². The van der Waals surface area contributed by atoms with Gasteiger partial charge in [0.25, 0.3) is 0 Å². The van der Waals surface area contributed by atoms with E-state index < -0.39 is 11.9 Å². The first-order chi connectivity index (χ1) is 3.63. The van der Waals surface area contributed by atoms with Crippen molar-refractivity contribution in [2.75, 3.05) is 0 Å². The van der Waals surface area contributed by atoms with E-state index in [4.69, 9.17) is 10.2 Å². The molecule has 0 aromatic heterocycles. The van der Waals surface area contributed by atoms with E-state index in [-0.39, 0.29) is 69.7 Å². The Kier molecular flexibility index (Phi) is 16.5. The molecular weight excluding hydrogens is 159 g/mol. The van der Waals surface area contributed by atoms with E-state index in [0.717, 1.165) is 0 Å². The molecule has 4 nitrogen and oxygen atoms in total. The Balaban J connectivity index is -0.0000000245. The Hall–Kier alpha value is 0.706. The number of hydrogen-bond acceptors (Lipinski definition) is 2. The maximum absolute atomic E-state index is 9.64. The van der Waals surface area contributed by atoms with E-state index in [2.05, 4.69) is 0 Å². The van der Waals surface area contributed by atoms with Gasteiger partial charge in [-0.2, -0.15) is 0 Å². The van der Waals surface area contributed by atoms with Crippen molar-refractivity contribution in [3.63, 3.8) is 0 Å². The van der Waals surface area contributed by atoms with E-state index in [9.17, 15) is 9.59 Å². The molecule has 0 heterocycles. The van der Waals surface area contributed by atoms with Crippen LogP contribution in [0.15, 0.2) is 0 Å². The normalized spacial score (nSPS) is 6.80. The maximum Gasteiger partial charge on any atom is 2.00 e. The standard InChI is InChI=1S/C4H6O4.Mg.Na.3H/c5-3(6)1-2-4(7)8;;;;;/h1-2H2,(H,5,6)(H,7,8);;;;;/q;+2;+1;3*-1. The Morgan fingerprint density at radius 2 is 1.30 bits per heavy atom. The molecule has 0 aliphatic heterocycles. The molecule has 0 spiro atoms. The van der Waals surface area contributed by atoms with Gasteiger partial charge in [0, 0.05) is 0 Å². The van der Waals surface area contributed by atoms with Crippen LogP contribution in [0.2, 0.25) is 0 Å². The molecule has 0 saturated carbocycles. The summed E-state index contributed by atoms with van der Waals surface area (Å²) in [6.07, 6.45) is -0.593. The smallest absolute Gasteiger partial charge is 1.00 e. The van der Waals surface area contributed by atoms with Gasteiger partial charge in [-0.05, 0) is 0 Å². The molecule has 0 unspecified atom stereocenters. The second kappa shape index (κ2) is 9.71. The van der Waals surface area contributed by atoms with Gasteiger partial charge in [0.15, 0.2) is 0 Å². The van der Waals surface area contributed by atoms with E-state index in [1.165, 1.54) is 0 Å². The molecule has 0 aromatic carbocycles. The van der Waals surface area contributed by atoms with Gasteiger partial charge in [-0.25, -0.2) is 0 Å². The van der Waals surface area contributed by atoms with E-state index in [1.807, 2.05) is 0 Å². The third-order valence-electron chi connectivity index (χ3n) is 0.553. The molecule has 0 rings (SSSR count). The van der Waals surface area contributed by atoms with Crippen molar-refractivity contribution in [3.8, 4) is 0 Å². The summed E-state index contributed by atoms with van der Waals surface area (Å²) in [5.41, 5.74) is 0. The third kappa shape index (κ3) is 15.9. The molecule has 52 valence electrons. The fourth-order valence-electron chi connectivity index (χ4n) is 0.214. The molecule has 0 aliphatic carbocycles. The van der Waals surface area contributed by atoms with Gasteiger partial charge in [0.05, 0.1) is 12.8 Å². The minimum Gasteiger partial charge on any atom is -1.00 e. The summed E-state index contributed by atoms with van der Waals surface area (Å²) >= 11 is 0. The second-order valence-corrected chi connectivity index (χ2v) is 1.29. The summed E-state index contributed by atoms with van der Waals surface area (Å²) in [5.74, 6) is -2.15. The number of carboxylic acids is 2. The third-order valence-corrected chi connectivity index (χ3v) is 0.553. The van der Waals surface area contributed by atoms with Crippen molar-refractivity contribution >= 4 is 35.0 Å². The minimum absolute atomic E-state index is 0. The zero-order valence-corrected chi connectivity index (χ0v) is 9.25. The molecule has 0 radical (unpaired) electrons.